The number of aryl methyl sites for hydroxylation is 1. The summed E-state index contributed by atoms with van der Waals surface area (Å²) in [6, 6.07) is 10.6. The van der Waals surface area contributed by atoms with E-state index in [1.807, 2.05) is 35.9 Å². The molecule has 0 spiro atoms. The Labute approximate surface area is 159 Å². The van der Waals surface area contributed by atoms with Crippen LogP contribution in [0.1, 0.15) is 30.5 Å². The van der Waals surface area contributed by atoms with Gasteiger partial charge >= 0.3 is 0 Å². The van der Waals surface area contributed by atoms with Crippen molar-refractivity contribution in [1.82, 2.24) is 13.7 Å². The molecule has 4 rings (SSSR count). The number of rotatable bonds is 5. The second-order valence-electron chi connectivity index (χ2n) is 6.93. The van der Waals surface area contributed by atoms with Gasteiger partial charge in [-0.3, -0.25) is 0 Å². The van der Waals surface area contributed by atoms with E-state index < -0.39 is 10.0 Å². The fraction of sp³-hybridized carbons (Fsp3) is 0.350. The molecular weight excluding hydrogens is 362 g/mol. The van der Waals surface area contributed by atoms with E-state index in [2.05, 4.69) is 4.98 Å². The minimum Gasteiger partial charge on any atom is -0.487 e. The summed E-state index contributed by atoms with van der Waals surface area (Å²) in [5, 5.41) is 0. The highest BCUT2D eigenvalue weighted by molar-refractivity contribution is 7.89. The second-order valence-corrected chi connectivity index (χ2v) is 8.87. The molecule has 0 radical (unpaired) electrons. The smallest absolute Gasteiger partial charge is 0.243 e. The van der Waals surface area contributed by atoms with Crippen molar-refractivity contribution in [2.24, 2.45) is 0 Å². The molecule has 0 saturated carbocycles. The molecule has 0 amide bonds. The van der Waals surface area contributed by atoms with Gasteiger partial charge in [0.1, 0.15) is 18.0 Å². The molecule has 0 atom stereocenters. The number of hydrogen-bond donors (Lipinski definition) is 0. The Hall–Kier alpha value is -2.38. The first-order valence-electron chi connectivity index (χ1n) is 9.20. The summed E-state index contributed by atoms with van der Waals surface area (Å²) >= 11 is 0. The summed E-state index contributed by atoms with van der Waals surface area (Å²) in [5.41, 5.74) is 2.87. The Balaban J connectivity index is 1.44. The molecule has 0 bridgehead atoms. The number of pyridine rings is 1. The van der Waals surface area contributed by atoms with Crippen molar-refractivity contribution in [2.75, 3.05) is 13.1 Å². The van der Waals surface area contributed by atoms with Crippen LogP contribution in [-0.4, -0.2) is 35.2 Å². The molecule has 142 valence electrons. The number of aromatic nitrogens is 2. The first kappa shape index (κ1) is 18.0. The van der Waals surface area contributed by atoms with Crippen LogP contribution in [0.2, 0.25) is 0 Å². The lowest BCUT2D eigenvalue weighted by atomic mass is 10.2. The van der Waals surface area contributed by atoms with E-state index in [1.54, 1.807) is 28.6 Å². The van der Waals surface area contributed by atoms with E-state index in [4.69, 9.17) is 4.74 Å². The van der Waals surface area contributed by atoms with Gasteiger partial charge in [-0.2, -0.15) is 4.31 Å². The highest BCUT2D eigenvalue weighted by atomic mass is 32.2. The number of piperidine rings is 1. The van der Waals surface area contributed by atoms with E-state index in [-0.39, 0.29) is 0 Å². The summed E-state index contributed by atoms with van der Waals surface area (Å²) < 4.78 is 34.7. The Bertz CT molecular complexity index is 1040. The maximum absolute atomic E-state index is 12.7. The summed E-state index contributed by atoms with van der Waals surface area (Å²) in [5.74, 6) is 0.626. The molecule has 0 aliphatic carbocycles. The fourth-order valence-corrected chi connectivity index (χ4v) is 4.86. The van der Waals surface area contributed by atoms with Crippen molar-refractivity contribution in [3.8, 4) is 5.75 Å². The lowest BCUT2D eigenvalue weighted by molar-refractivity contribution is 0.302. The van der Waals surface area contributed by atoms with Crippen LogP contribution in [0.4, 0.5) is 0 Å². The third kappa shape index (κ3) is 3.84. The van der Waals surface area contributed by atoms with Crippen LogP contribution in [0.5, 0.6) is 5.75 Å². The van der Waals surface area contributed by atoms with E-state index >= 15 is 0 Å². The molecule has 3 heterocycles. The van der Waals surface area contributed by atoms with Crippen molar-refractivity contribution >= 4 is 15.7 Å². The largest absolute Gasteiger partial charge is 0.487 e. The molecular formula is C20H23N3O3S. The van der Waals surface area contributed by atoms with Crippen molar-refractivity contribution in [1.29, 1.82) is 0 Å². The van der Waals surface area contributed by atoms with Crippen LogP contribution >= 0.6 is 0 Å². The molecule has 1 aliphatic rings. The van der Waals surface area contributed by atoms with Gasteiger partial charge in [0.25, 0.3) is 0 Å². The van der Waals surface area contributed by atoms with Gasteiger partial charge in [-0.25, -0.2) is 13.4 Å². The Morgan fingerprint density at radius 3 is 2.48 bits per heavy atom. The lowest BCUT2D eigenvalue weighted by Crippen LogP contribution is -2.35. The van der Waals surface area contributed by atoms with Crippen LogP contribution in [0, 0.1) is 6.92 Å². The first-order valence-corrected chi connectivity index (χ1v) is 10.6. The van der Waals surface area contributed by atoms with Crippen molar-refractivity contribution in [3.63, 3.8) is 0 Å². The topological polar surface area (TPSA) is 63.9 Å². The Morgan fingerprint density at radius 1 is 1.00 bits per heavy atom. The van der Waals surface area contributed by atoms with Gasteiger partial charge in [-0.1, -0.05) is 12.5 Å². The molecule has 6 nitrogen and oxygen atoms in total. The van der Waals surface area contributed by atoms with Gasteiger partial charge in [-0.15, -0.1) is 0 Å². The average Bonchev–Trinajstić information content (AvgIpc) is 3.09. The minimum atomic E-state index is -3.41. The normalized spacial score (nSPS) is 15.9. The molecule has 1 aromatic carbocycles. The quantitative estimate of drug-likeness (QED) is 0.675. The van der Waals surface area contributed by atoms with E-state index in [9.17, 15) is 8.42 Å². The maximum Gasteiger partial charge on any atom is 0.243 e. The highest BCUT2D eigenvalue weighted by Gasteiger charge is 2.25. The zero-order valence-corrected chi connectivity index (χ0v) is 16.2. The van der Waals surface area contributed by atoms with Crippen LogP contribution < -0.4 is 4.74 Å². The van der Waals surface area contributed by atoms with Crippen LogP contribution in [0.25, 0.3) is 5.65 Å². The number of nitrogens with zero attached hydrogens (tertiary/aromatic N) is 3. The molecule has 0 unspecified atom stereocenters. The van der Waals surface area contributed by atoms with Crippen molar-refractivity contribution < 1.29 is 13.2 Å². The lowest BCUT2D eigenvalue weighted by Gasteiger charge is -2.25. The number of fused-ring (bicyclic) bond motifs is 1. The standard InChI is InChI=1S/C20H23N3O3S/c1-16-5-10-20-21-17(14-22(20)13-16)15-26-18-6-8-19(9-7-18)27(24,25)23-11-3-2-4-12-23/h5-10,13-14H,2-4,11-12,15H2,1H3. The highest BCUT2D eigenvalue weighted by Crippen LogP contribution is 2.23. The van der Waals surface area contributed by atoms with Gasteiger partial charge in [0.15, 0.2) is 0 Å². The molecule has 7 heteroatoms. The Kier molecular flexibility index (Phi) is 4.88. The number of benzene rings is 1. The predicted octanol–water partition coefficient (Wildman–Crippen LogP) is 3.40. The van der Waals surface area contributed by atoms with Crippen molar-refractivity contribution in [2.45, 2.75) is 37.7 Å². The molecule has 1 fully saturated rings. The number of sulfonamides is 1. The zero-order chi connectivity index (χ0) is 18.9. The van der Waals surface area contributed by atoms with Gasteiger partial charge in [0.05, 0.1) is 10.6 Å². The Morgan fingerprint density at radius 2 is 1.74 bits per heavy atom. The molecule has 27 heavy (non-hydrogen) atoms. The predicted molar refractivity (Wildman–Crippen MR) is 103 cm³/mol. The number of imidazole rings is 1. The SMILES string of the molecule is Cc1ccc2nc(COc3ccc(S(=O)(=O)N4CCCCC4)cc3)cn2c1. The van der Waals surface area contributed by atoms with Gasteiger partial charge in [0, 0.05) is 25.5 Å². The summed E-state index contributed by atoms with van der Waals surface area (Å²) in [6.07, 6.45) is 6.92. The maximum atomic E-state index is 12.7. The van der Waals surface area contributed by atoms with Gasteiger partial charge < -0.3 is 9.14 Å². The fourth-order valence-electron chi connectivity index (χ4n) is 3.34. The summed E-state index contributed by atoms with van der Waals surface area (Å²) in [4.78, 5) is 4.84. The zero-order valence-electron chi connectivity index (χ0n) is 15.3. The van der Waals surface area contributed by atoms with Crippen LogP contribution in [0.15, 0.2) is 53.7 Å². The molecule has 0 N–H and O–H groups in total. The van der Waals surface area contributed by atoms with Crippen LogP contribution in [-0.2, 0) is 16.6 Å². The van der Waals surface area contributed by atoms with Crippen molar-refractivity contribution in [3.05, 3.63) is 60.0 Å². The monoisotopic (exact) mass is 385 g/mol. The van der Waals surface area contributed by atoms with Gasteiger partial charge in [0.2, 0.25) is 10.0 Å². The van der Waals surface area contributed by atoms with E-state index in [0.717, 1.165) is 36.2 Å². The van der Waals surface area contributed by atoms with Crippen LogP contribution in [0.3, 0.4) is 0 Å². The third-order valence-corrected chi connectivity index (χ3v) is 6.72. The molecule has 1 saturated heterocycles. The molecule has 2 aromatic heterocycles. The first-order chi connectivity index (χ1) is 13.0. The van der Waals surface area contributed by atoms with Gasteiger partial charge in [-0.05, 0) is 55.7 Å². The van der Waals surface area contributed by atoms with E-state index in [0.29, 0.717) is 30.3 Å². The van der Waals surface area contributed by atoms with E-state index in [1.165, 1.54) is 0 Å². The number of ether oxygens (including phenoxy) is 1. The summed E-state index contributed by atoms with van der Waals surface area (Å²) in [6.45, 7) is 3.58. The third-order valence-electron chi connectivity index (χ3n) is 4.81. The average molecular weight is 385 g/mol. The number of hydrogen-bond acceptors (Lipinski definition) is 4. The minimum absolute atomic E-state index is 0.319. The molecule has 3 aromatic rings. The second kappa shape index (κ2) is 7.32. The summed E-state index contributed by atoms with van der Waals surface area (Å²) in [7, 11) is -3.41. The molecule has 1 aliphatic heterocycles.